The third-order valence-corrected chi connectivity index (χ3v) is 4.70. The molecule has 0 bridgehead atoms. The topological polar surface area (TPSA) is 62.2 Å². The maximum atomic E-state index is 10.4. The molecule has 1 aliphatic carbocycles. The van der Waals surface area contributed by atoms with Crippen molar-refractivity contribution >= 4 is 0 Å². The number of aliphatic hydroxyl groups is 2. The summed E-state index contributed by atoms with van der Waals surface area (Å²) in [6.07, 6.45) is 2.77. The fourth-order valence-electron chi connectivity index (χ4n) is 3.44. The number of hydrogen-bond donors (Lipinski definition) is 2. The van der Waals surface area contributed by atoms with Crippen LogP contribution in [0.5, 0.6) is 0 Å². The van der Waals surface area contributed by atoms with Crippen molar-refractivity contribution in [2.24, 2.45) is 5.92 Å². The Kier molecular flexibility index (Phi) is 3.09. The Morgan fingerprint density at radius 2 is 2.16 bits per heavy atom. The van der Waals surface area contributed by atoms with Crippen LogP contribution >= 0.6 is 0 Å². The highest BCUT2D eigenvalue weighted by Gasteiger charge is 2.61. The van der Waals surface area contributed by atoms with Gasteiger partial charge in [-0.25, -0.2) is 0 Å². The summed E-state index contributed by atoms with van der Waals surface area (Å²) in [6.45, 7) is 7.99. The molecule has 3 aliphatic rings. The quantitative estimate of drug-likeness (QED) is 0.515. The lowest BCUT2D eigenvalue weighted by Crippen LogP contribution is -2.35. The SMILES string of the molecule is C=C1C(O)O[C@H]2[C@H]1[C@@H](O)C/C(C)=C/CC[C@@]1(C)O[C@@H]21. The molecule has 0 spiro atoms. The van der Waals surface area contributed by atoms with E-state index >= 15 is 0 Å². The molecule has 0 aromatic heterocycles. The summed E-state index contributed by atoms with van der Waals surface area (Å²) in [5.74, 6) is -0.247. The van der Waals surface area contributed by atoms with Gasteiger partial charge in [0.2, 0.25) is 0 Å². The summed E-state index contributed by atoms with van der Waals surface area (Å²) in [5, 5.41) is 20.3. The molecular weight excluding hydrogens is 244 g/mol. The van der Waals surface area contributed by atoms with Gasteiger partial charge in [-0.15, -0.1) is 0 Å². The van der Waals surface area contributed by atoms with E-state index in [4.69, 9.17) is 9.47 Å². The van der Waals surface area contributed by atoms with Gasteiger partial charge < -0.3 is 19.7 Å². The molecule has 0 saturated carbocycles. The molecule has 3 rings (SSSR count). The van der Waals surface area contributed by atoms with Crippen LogP contribution in [0.4, 0.5) is 0 Å². The van der Waals surface area contributed by atoms with E-state index in [1.54, 1.807) is 0 Å². The number of rotatable bonds is 0. The average molecular weight is 266 g/mol. The summed E-state index contributed by atoms with van der Waals surface area (Å²) in [4.78, 5) is 0. The molecule has 2 aliphatic heterocycles. The Balaban J connectivity index is 1.91. The number of ether oxygens (including phenoxy) is 2. The van der Waals surface area contributed by atoms with E-state index in [1.165, 1.54) is 5.57 Å². The predicted molar refractivity (Wildman–Crippen MR) is 70.4 cm³/mol. The largest absolute Gasteiger partial charge is 0.392 e. The van der Waals surface area contributed by atoms with Crippen LogP contribution in [-0.4, -0.2) is 40.4 Å². The Morgan fingerprint density at radius 1 is 1.42 bits per heavy atom. The number of allylic oxidation sites excluding steroid dienone is 1. The molecule has 0 amide bonds. The lowest BCUT2D eigenvalue weighted by molar-refractivity contribution is -0.0928. The zero-order valence-electron chi connectivity index (χ0n) is 11.5. The summed E-state index contributed by atoms with van der Waals surface area (Å²) in [5.41, 5.74) is 1.55. The number of hydrogen-bond acceptors (Lipinski definition) is 4. The molecule has 4 nitrogen and oxygen atoms in total. The third kappa shape index (κ3) is 2.17. The molecule has 0 aromatic carbocycles. The smallest absolute Gasteiger partial charge is 0.177 e. The lowest BCUT2D eigenvalue weighted by atomic mass is 9.82. The number of aliphatic hydroxyl groups excluding tert-OH is 2. The van der Waals surface area contributed by atoms with Crippen LogP contribution in [0.25, 0.3) is 0 Å². The lowest BCUT2D eigenvalue weighted by Gasteiger charge is -2.25. The van der Waals surface area contributed by atoms with Crippen molar-refractivity contribution in [3.63, 3.8) is 0 Å². The monoisotopic (exact) mass is 266 g/mol. The average Bonchev–Trinajstić information content (AvgIpc) is 2.89. The van der Waals surface area contributed by atoms with Crippen molar-refractivity contribution in [1.82, 2.24) is 0 Å². The highest BCUT2D eigenvalue weighted by atomic mass is 16.7. The van der Waals surface area contributed by atoms with Crippen LogP contribution in [0.3, 0.4) is 0 Å². The van der Waals surface area contributed by atoms with E-state index in [2.05, 4.69) is 19.6 Å². The van der Waals surface area contributed by atoms with Gasteiger partial charge in [-0.2, -0.15) is 0 Å². The molecule has 2 N–H and O–H groups in total. The summed E-state index contributed by atoms with van der Waals surface area (Å²) in [6, 6.07) is 0. The molecule has 2 saturated heterocycles. The van der Waals surface area contributed by atoms with Crippen LogP contribution in [0.2, 0.25) is 0 Å². The molecule has 6 atom stereocenters. The fourth-order valence-corrected chi connectivity index (χ4v) is 3.44. The molecular formula is C15H22O4. The molecule has 106 valence electrons. The molecule has 19 heavy (non-hydrogen) atoms. The second-order valence-electron chi connectivity index (χ2n) is 6.27. The maximum Gasteiger partial charge on any atom is 0.177 e. The summed E-state index contributed by atoms with van der Waals surface area (Å²) >= 11 is 0. The van der Waals surface area contributed by atoms with Gasteiger partial charge in [0.25, 0.3) is 0 Å². The van der Waals surface area contributed by atoms with Crippen molar-refractivity contribution in [1.29, 1.82) is 0 Å². The third-order valence-electron chi connectivity index (χ3n) is 4.70. The zero-order chi connectivity index (χ0) is 13.8. The highest BCUT2D eigenvalue weighted by Crippen LogP contribution is 2.50. The van der Waals surface area contributed by atoms with E-state index in [1.807, 2.05) is 6.92 Å². The molecule has 0 aromatic rings. The summed E-state index contributed by atoms with van der Waals surface area (Å²) < 4.78 is 11.4. The van der Waals surface area contributed by atoms with E-state index in [0.29, 0.717) is 12.0 Å². The Labute approximate surface area is 113 Å². The Bertz CT molecular complexity index is 430. The van der Waals surface area contributed by atoms with Gasteiger partial charge >= 0.3 is 0 Å². The van der Waals surface area contributed by atoms with Crippen molar-refractivity contribution in [3.05, 3.63) is 23.8 Å². The van der Waals surface area contributed by atoms with E-state index in [-0.39, 0.29) is 23.7 Å². The van der Waals surface area contributed by atoms with Gasteiger partial charge in [0.1, 0.15) is 6.10 Å². The van der Waals surface area contributed by atoms with Crippen LogP contribution in [0.15, 0.2) is 23.8 Å². The van der Waals surface area contributed by atoms with Crippen LogP contribution < -0.4 is 0 Å². The van der Waals surface area contributed by atoms with Crippen LogP contribution in [0.1, 0.15) is 33.1 Å². The molecule has 2 fully saturated rings. The van der Waals surface area contributed by atoms with Crippen LogP contribution in [0, 0.1) is 5.92 Å². The zero-order valence-corrected chi connectivity index (χ0v) is 11.5. The van der Waals surface area contributed by atoms with Crippen molar-refractivity contribution in [3.8, 4) is 0 Å². The van der Waals surface area contributed by atoms with Crippen LogP contribution in [-0.2, 0) is 9.47 Å². The van der Waals surface area contributed by atoms with Gasteiger partial charge in [0.05, 0.1) is 17.8 Å². The highest BCUT2D eigenvalue weighted by molar-refractivity contribution is 5.22. The van der Waals surface area contributed by atoms with Crippen molar-refractivity contribution < 1.29 is 19.7 Å². The fraction of sp³-hybridized carbons (Fsp3) is 0.733. The first-order valence-electron chi connectivity index (χ1n) is 6.96. The molecule has 1 unspecified atom stereocenters. The van der Waals surface area contributed by atoms with Crippen molar-refractivity contribution in [2.45, 2.75) is 63.3 Å². The van der Waals surface area contributed by atoms with Gasteiger partial charge in [0, 0.05) is 5.92 Å². The van der Waals surface area contributed by atoms with Gasteiger partial charge in [-0.3, -0.25) is 0 Å². The first-order chi connectivity index (χ1) is 8.92. The first kappa shape index (κ1) is 13.3. The molecule has 2 heterocycles. The number of epoxide rings is 1. The van der Waals surface area contributed by atoms with Gasteiger partial charge in [-0.1, -0.05) is 18.2 Å². The normalized spacial score (nSPS) is 52.9. The maximum absolute atomic E-state index is 10.4. The minimum Gasteiger partial charge on any atom is -0.392 e. The second kappa shape index (κ2) is 4.42. The number of fused-ring (bicyclic) bond motifs is 3. The molecule has 4 heteroatoms. The summed E-state index contributed by atoms with van der Waals surface area (Å²) in [7, 11) is 0. The van der Waals surface area contributed by atoms with E-state index in [9.17, 15) is 10.2 Å². The van der Waals surface area contributed by atoms with Gasteiger partial charge in [0.15, 0.2) is 6.29 Å². The van der Waals surface area contributed by atoms with Crippen molar-refractivity contribution in [2.75, 3.05) is 0 Å². The predicted octanol–water partition coefficient (Wildman–Crippen LogP) is 1.52. The molecule has 0 radical (unpaired) electrons. The standard InChI is InChI=1S/C15H22O4/c1-8-5-4-6-15(3)13(19-15)12-11(10(16)7-8)9(2)14(17)18-12/h5,10-14,16-17H,2,4,6-7H2,1,3H3/b8-5+/t10-,11+,12-,13-,14?,15+/m0/s1. The second-order valence-corrected chi connectivity index (χ2v) is 6.27. The Morgan fingerprint density at radius 3 is 2.89 bits per heavy atom. The van der Waals surface area contributed by atoms with E-state index in [0.717, 1.165) is 12.8 Å². The van der Waals surface area contributed by atoms with Gasteiger partial charge in [-0.05, 0) is 38.7 Å². The minimum atomic E-state index is -0.983. The minimum absolute atomic E-state index is 0.0483. The Hall–Kier alpha value is -0.680. The first-order valence-corrected chi connectivity index (χ1v) is 6.96. The van der Waals surface area contributed by atoms with E-state index < -0.39 is 12.4 Å².